The molecule has 0 rings (SSSR count). The van der Waals surface area contributed by atoms with E-state index < -0.39 is 45.8 Å². The van der Waals surface area contributed by atoms with Crippen LogP contribution in [0.15, 0.2) is 97.2 Å². The quantitative estimate of drug-likeness (QED) is 0.0237. The van der Waals surface area contributed by atoms with Gasteiger partial charge < -0.3 is 24.6 Å². The number of ether oxygens (including phenoxy) is 2. The van der Waals surface area contributed by atoms with Crippen LogP contribution in [0.4, 0.5) is 0 Å². The third-order valence-corrected chi connectivity index (χ3v) is 10.7. The van der Waals surface area contributed by atoms with Gasteiger partial charge in [-0.15, -0.1) is 0 Å². The molecule has 0 aromatic heterocycles. The molecule has 0 aliphatic heterocycles. The lowest BCUT2D eigenvalue weighted by Gasteiger charge is -2.20. The van der Waals surface area contributed by atoms with Crippen LogP contribution in [-0.4, -0.2) is 66.3 Å². The van der Waals surface area contributed by atoms with Crippen molar-refractivity contribution in [1.82, 2.24) is 0 Å². The third kappa shape index (κ3) is 46.9. The Hall–Kier alpha value is -2.62. The van der Waals surface area contributed by atoms with Crippen molar-refractivity contribution in [3.63, 3.8) is 0 Å². The van der Waals surface area contributed by atoms with Gasteiger partial charge >= 0.3 is 13.8 Å². The zero-order valence-corrected chi connectivity index (χ0v) is 39.9. The van der Waals surface area contributed by atoms with Gasteiger partial charge in [0.1, 0.15) is 12.2 Å². The molecule has 0 bridgehead atoms. The van der Waals surface area contributed by atoms with Gasteiger partial charge in [0.05, 0.1) is 26.4 Å². The number of unbranched alkanes of at least 4 members (excludes halogenated alkanes) is 15. The molecule has 3 N–H and O–H groups in total. The van der Waals surface area contributed by atoms with Gasteiger partial charge in [-0.3, -0.25) is 13.8 Å². The molecule has 0 aliphatic rings. The van der Waals surface area contributed by atoms with E-state index in [1.807, 2.05) is 0 Å². The minimum absolute atomic E-state index is 0.0311. The van der Waals surface area contributed by atoms with Crippen LogP contribution in [0.2, 0.25) is 0 Å². The summed E-state index contributed by atoms with van der Waals surface area (Å²) in [7, 11) is -4.54. The molecule has 0 saturated carbocycles. The first-order chi connectivity index (χ1) is 30.3. The maximum Gasteiger partial charge on any atom is 0.472 e. The minimum Gasteiger partial charge on any atom is -0.457 e. The number of hydrogen-bond acceptors (Lipinski definition) is 8. The molecule has 0 amide bonds. The SMILES string of the molecule is CC/C=C\C/C=C\C/C=C\C/C=C\CCCCCCCCCCCCCOCC(COP(=O)(O)OCC(O)CO)OC(=O)CCCCCC/C=C\C/C=C\C/C=C\C/C=C\CC. The number of aliphatic hydroxyl groups excluding tert-OH is 2. The molecule has 0 fully saturated rings. The number of phosphoric acid groups is 1. The van der Waals surface area contributed by atoms with Gasteiger partial charge in [-0.25, -0.2) is 4.57 Å². The zero-order chi connectivity index (χ0) is 45.3. The van der Waals surface area contributed by atoms with Crippen molar-refractivity contribution in [2.45, 2.75) is 193 Å². The predicted octanol–water partition coefficient (Wildman–Crippen LogP) is 14.0. The lowest BCUT2D eigenvalue weighted by molar-refractivity contribution is -0.154. The zero-order valence-electron chi connectivity index (χ0n) is 39.1. The summed E-state index contributed by atoms with van der Waals surface area (Å²) in [6.45, 7) is 3.24. The van der Waals surface area contributed by atoms with Crippen molar-refractivity contribution in [2.75, 3.05) is 33.0 Å². The second-order valence-electron chi connectivity index (χ2n) is 15.7. The summed E-state index contributed by atoms with van der Waals surface area (Å²) >= 11 is 0. The minimum atomic E-state index is -4.54. The molecule has 0 aliphatic carbocycles. The largest absolute Gasteiger partial charge is 0.472 e. The van der Waals surface area contributed by atoms with Gasteiger partial charge in [-0.05, 0) is 89.9 Å². The number of esters is 1. The Morgan fingerprint density at radius 2 is 0.871 bits per heavy atom. The van der Waals surface area contributed by atoms with E-state index in [0.29, 0.717) is 13.0 Å². The molecule has 3 unspecified atom stereocenters. The van der Waals surface area contributed by atoms with E-state index in [1.54, 1.807) is 0 Å². The van der Waals surface area contributed by atoms with Crippen molar-refractivity contribution < 1.29 is 43.0 Å². The predicted molar refractivity (Wildman–Crippen MR) is 260 cm³/mol. The van der Waals surface area contributed by atoms with E-state index in [1.165, 1.54) is 57.8 Å². The van der Waals surface area contributed by atoms with Gasteiger partial charge in [-0.1, -0.05) is 182 Å². The Labute approximate surface area is 378 Å². The third-order valence-electron chi connectivity index (χ3n) is 9.77. The topological polar surface area (TPSA) is 132 Å². The lowest BCUT2D eigenvalue weighted by atomic mass is 10.1. The number of phosphoric ester groups is 1. The first kappa shape index (κ1) is 59.4. The molecule has 0 aromatic rings. The maximum atomic E-state index is 12.7. The summed E-state index contributed by atoms with van der Waals surface area (Å²) in [6, 6.07) is 0. The van der Waals surface area contributed by atoms with Gasteiger partial charge in [0.25, 0.3) is 0 Å². The van der Waals surface area contributed by atoms with Crippen LogP contribution in [-0.2, 0) is 27.9 Å². The van der Waals surface area contributed by atoms with E-state index in [9.17, 15) is 19.4 Å². The van der Waals surface area contributed by atoms with E-state index >= 15 is 0 Å². The van der Waals surface area contributed by atoms with Crippen LogP contribution in [0, 0.1) is 0 Å². The molecule has 0 heterocycles. The monoisotopic (exact) mass is 889 g/mol. The number of rotatable bonds is 45. The van der Waals surface area contributed by atoms with Crippen LogP contribution in [0.5, 0.6) is 0 Å². The number of carbonyl (C=O) groups is 1. The first-order valence-electron chi connectivity index (χ1n) is 24.2. The average molecular weight is 889 g/mol. The molecule has 62 heavy (non-hydrogen) atoms. The lowest BCUT2D eigenvalue weighted by Crippen LogP contribution is -2.29. The van der Waals surface area contributed by atoms with Crippen molar-refractivity contribution in [3.05, 3.63) is 97.2 Å². The fourth-order valence-electron chi connectivity index (χ4n) is 6.16. The molecule has 0 radical (unpaired) electrons. The van der Waals surface area contributed by atoms with E-state index in [-0.39, 0.29) is 13.0 Å². The molecular formula is C52H89O9P. The number of carbonyl (C=O) groups excluding carboxylic acids is 1. The number of aliphatic hydroxyl groups is 2. The Kier molecular flexibility index (Phi) is 45.8. The first-order valence-corrected chi connectivity index (χ1v) is 25.7. The van der Waals surface area contributed by atoms with Gasteiger partial charge in [0.2, 0.25) is 0 Å². The average Bonchev–Trinajstić information content (AvgIpc) is 3.26. The smallest absolute Gasteiger partial charge is 0.457 e. The summed E-state index contributed by atoms with van der Waals surface area (Å²) in [5, 5.41) is 18.4. The highest BCUT2D eigenvalue weighted by molar-refractivity contribution is 7.47. The summed E-state index contributed by atoms with van der Waals surface area (Å²) in [4.78, 5) is 22.6. The van der Waals surface area contributed by atoms with Crippen molar-refractivity contribution in [2.24, 2.45) is 0 Å². The summed E-state index contributed by atoms with van der Waals surface area (Å²) in [6.07, 6.45) is 60.8. The fraction of sp³-hybridized carbons (Fsp3) is 0.673. The van der Waals surface area contributed by atoms with E-state index in [2.05, 4.69) is 111 Å². The molecule has 0 saturated heterocycles. The Morgan fingerprint density at radius 1 is 0.500 bits per heavy atom. The normalized spacial score (nSPS) is 14.7. The molecule has 3 atom stereocenters. The molecule has 10 heteroatoms. The van der Waals surface area contributed by atoms with E-state index in [0.717, 1.165) is 96.3 Å². The Bertz CT molecular complexity index is 1280. The Morgan fingerprint density at radius 3 is 1.31 bits per heavy atom. The van der Waals surface area contributed by atoms with Crippen molar-refractivity contribution in [1.29, 1.82) is 0 Å². The van der Waals surface area contributed by atoms with Crippen LogP contribution in [0.25, 0.3) is 0 Å². The van der Waals surface area contributed by atoms with Gasteiger partial charge in [-0.2, -0.15) is 0 Å². The highest BCUT2D eigenvalue weighted by Crippen LogP contribution is 2.43. The molecule has 0 aromatic carbocycles. The standard InChI is InChI=1S/C52H89O9P/c1-3-5-7-9-11-13-15-17-19-21-22-23-24-25-26-27-29-31-33-35-37-39-41-43-45-58-48-51(49-60-62(56,57)59-47-50(54)46-53)61-52(55)44-42-40-38-36-34-32-30-28-20-18-16-14-12-10-8-6-4-2/h5-8,11-14,17-20,22-23,30,32,50-51,53-54H,3-4,9-10,15-16,21,24-29,31,33-49H2,1-2H3,(H,56,57)/b7-5-,8-6-,13-11-,14-12-,19-17-,20-18-,23-22-,32-30-. The second-order valence-corrected chi connectivity index (χ2v) is 17.2. The number of hydrogen-bond donors (Lipinski definition) is 3. The maximum absolute atomic E-state index is 12.7. The summed E-state index contributed by atoms with van der Waals surface area (Å²) in [5.74, 6) is -0.410. The summed E-state index contributed by atoms with van der Waals surface area (Å²) < 4.78 is 33.5. The van der Waals surface area contributed by atoms with Crippen LogP contribution >= 0.6 is 7.82 Å². The van der Waals surface area contributed by atoms with Crippen LogP contribution in [0.1, 0.15) is 181 Å². The van der Waals surface area contributed by atoms with Crippen molar-refractivity contribution in [3.8, 4) is 0 Å². The molecular weight excluding hydrogens is 800 g/mol. The fourth-order valence-corrected chi connectivity index (χ4v) is 6.95. The second kappa shape index (κ2) is 47.8. The highest BCUT2D eigenvalue weighted by Gasteiger charge is 2.26. The van der Waals surface area contributed by atoms with Crippen LogP contribution in [0.3, 0.4) is 0 Å². The molecule has 356 valence electrons. The Balaban J connectivity index is 4.14. The van der Waals surface area contributed by atoms with E-state index in [4.69, 9.17) is 23.6 Å². The highest BCUT2D eigenvalue weighted by atomic mass is 31.2. The van der Waals surface area contributed by atoms with Crippen molar-refractivity contribution >= 4 is 13.8 Å². The molecule has 9 nitrogen and oxygen atoms in total. The number of allylic oxidation sites excluding steroid dienone is 16. The van der Waals surface area contributed by atoms with Gasteiger partial charge in [0, 0.05) is 13.0 Å². The van der Waals surface area contributed by atoms with Crippen LogP contribution < -0.4 is 0 Å². The van der Waals surface area contributed by atoms with Gasteiger partial charge in [0.15, 0.2) is 0 Å². The summed E-state index contributed by atoms with van der Waals surface area (Å²) in [5.41, 5.74) is 0. The molecule has 0 spiro atoms.